The Hall–Kier alpha value is 1.31. The third-order valence-electron chi connectivity index (χ3n) is 0.488. The van der Waals surface area contributed by atoms with Crippen LogP contribution in [0.3, 0.4) is 0 Å². The molecular weight excluding hydrogens is 479 g/mol. The molecule has 0 fully saturated rings. The molecule has 0 radical (unpaired) electrons. The molecule has 0 aromatic heterocycles. The van der Waals surface area contributed by atoms with E-state index in [1.807, 2.05) is 0 Å². The van der Waals surface area contributed by atoms with Crippen molar-refractivity contribution in [1.82, 2.24) is 0 Å². The van der Waals surface area contributed by atoms with Gasteiger partial charge in [0.25, 0.3) is 0 Å². The number of hydrogen-bond donors (Lipinski definition) is 0. The van der Waals surface area contributed by atoms with Crippen molar-refractivity contribution < 1.29 is 51.4 Å². The van der Waals surface area contributed by atoms with Gasteiger partial charge in [-0.15, -0.1) is 0 Å². The van der Waals surface area contributed by atoms with Gasteiger partial charge in [0, 0.05) is 51.6 Å². The second kappa shape index (κ2) is 12.0. The van der Waals surface area contributed by atoms with Crippen LogP contribution in [0, 0.1) is 6.58 Å². The van der Waals surface area contributed by atoms with Crippen LogP contribution in [0.2, 0.25) is 0 Å². The molecule has 9 heavy (non-hydrogen) atoms. The molecule has 0 aromatic rings. The number of ether oxygens (including phenoxy) is 1. The Morgan fingerprint density at radius 3 is 2.11 bits per heavy atom. The molecule has 0 aliphatic rings. The molecular formula is C4H8O2PW2-. The van der Waals surface area contributed by atoms with Gasteiger partial charge < -0.3 is 15.8 Å². The van der Waals surface area contributed by atoms with Crippen LogP contribution in [-0.2, 0) is 51.4 Å². The summed E-state index contributed by atoms with van der Waals surface area (Å²) in [6.07, 6.45) is 0. The third-order valence-corrected chi connectivity index (χ3v) is 0.654. The zero-order valence-corrected chi connectivity index (χ0v) is 12.0. The second-order valence-electron chi connectivity index (χ2n) is 0.981. The molecule has 0 aliphatic heterocycles. The standard InChI is InChI=1S/C4H8O2P.2W/c1-4(5-2)3-6-7;;/h1H,3,7H2,2H3;;/q-1;;. The average molecular weight is 487 g/mol. The summed E-state index contributed by atoms with van der Waals surface area (Å²) in [5, 5.41) is 0. The quantitative estimate of drug-likeness (QED) is 0.333. The summed E-state index contributed by atoms with van der Waals surface area (Å²) in [7, 11) is 3.57. The van der Waals surface area contributed by atoms with Crippen LogP contribution < -0.4 is 0 Å². The minimum Gasteiger partial charge on any atom is -0.536 e. The van der Waals surface area contributed by atoms with Crippen molar-refractivity contribution >= 4 is 9.47 Å². The molecule has 0 amide bonds. The monoisotopic (exact) mass is 487 g/mol. The van der Waals surface area contributed by atoms with Gasteiger partial charge in [0.05, 0.1) is 13.7 Å². The third kappa shape index (κ3) is 12.5. The first-order chi connectivity index (χ1) is 3.31. The van der Waals surface area contributed by atoms with E-state index in [2.05, 4.69) is 18.7 Å². The van der Waals surface area contributed by atoms with Gasteiger partial charge in [-0.25, -0.2) is 0 Å². The molecule has 2 nitrogen and oxygen atoms in total. The van der Waals surface area contributed by atoms with Gasteiger partial charge in [0.15, 0.2) is 0 Å². The number of rotatable bonds is 3. The van der Waals surface area contributed by atoms with Crippen molar-refractivity contribution in [2.75, 3.05) is 13.7 Å². The maximum Gasteiger partial charge on any atom is 0.0731 e. The Kier molecular flexibility index (Phi) is 22.3. The van der Waals surface area contributed by atoms with E-state index in [9.17, 15) is 0 Å². The summed E-state index contributed by atoms with van der Waals surface area (Å²) in [5.41, 5.74) is 0. The van der Waals surface area contributed by atoms with E-state index in [-0.39, 0.29) is 42.1 Å². The van der Waals surface area contributed by atoms with Crippen molar-refractivity contribution in [1.29, 1.82) is 0 Å². The minimum absolute atomic E-state index is 0. The zero-order valence-electron chi connectivity index (χ0n) is 4.99. The SMILES string of the molecule is [CH-]=C(COP)OC.[W].[W]. The summed E-state index contributed by atoms with van der Waals surface area (Å²) in [6.45, 7) is 5.47. The normalized spacial score (nSPS) is 6.44. The Balaban J connectivity index is -0.000000180. The fourth-order valence-electron chi connectivity index (χ4n) is 0.141. The summed E-state index contributed by atoms with van der Waals surface area (Å²) in [4.78, 5) is 0. The summed E-state index contributed by atoms with van der Waals surface area (Å²) < 4.78 is 9.07. The van der Waals surface area contributed by atoms with E-state index in [4.69, 9.17) is 6.58 Å². The Morgan fingerprint density at radius 1 is 1.56 bits per heavy atom. The maximum atomic E-state index is 5.14. The van der Waals surface area contributed by atoms with E-state index < -0.39 is 0 Å². The van der Waals surface area contributed by atoms with Crippen LogP contribution in [-0.4, -0.2) is 13.7 Å². The molecule has 0 aliphatic carbocycles. The van der Waals surface area contributed by atoms with E-state index in [1.54, 1.807) is 0 Å². The van der Waals surface area contributed by atoms with Crippen LogP contribution in [0.1, 0.15) is 0 Å². The minimum atomic E-state index is 0. The Labute approximate surface area is 86.6 Å². The smallest absolute Gasteiger partial charge is 0.0731 e. The first-order valence-corrected chi connectivity index (χ1v) is 2.25. The summed E-state index contributed by atoms with van der Waals surface area (Å²) >= 11 is 0. The van der Waals surface area contributed by atoms with E-state index in [1.165, 1.54) is 7.11 Å². The van der Waals surface area contributed by atoms with Crippen LogP contribution in [0.5, 0.6) is 0 Å². The van der Waals surface area contributed by atoms with Gasteiger partial charge >= 0.3 is 0 Å². The van der Waals surface area contributed by atoms with Gasteiger partial charge in [-0.2, -0.15) is 0 Å². The Bertz CT molecular complexity index is 69.6. The number of hydrogen-bond acceptors (Lipinski definition) is 2. The van der Waals surface area contributed by atoms with Gasteiger partial charge in [-0.1, -0.05) is 5.76 Å². The molecule has 0 N–H and O–H groups in total. The molecule has 0 saturated heterocycles. The predicted octanol–water partition coefficient (Wildman–Crippen LogP) is 0.751. The molecule has 54 valence electrons. The van der Waals surface area contributed by atoms with Crippen molar-refractivity contribution in [2.24, 2.45) is 0 Å². The van der Waals surface area contributed by atoms with E-state index in [0.29, 0.717) is 12.4 Å². The molecule has 0 rings (SSSR count). The summed E-state index contributed by atoms with van der Waals surface area (Å²) in [5.74, 6) is 0.384. The van der Waals surface area contributed by atoms with Crippen LogP contribution in [0.15, 0.2) is 5.76 Å². The van der Waals surface area contributed by atoms with Crippen LogP contribution in [0.25, 0.3) is 0 Å². The molecule has 5 heteroatoms. The zero-order chi connectivity index (χ0) is 5.70. The molecule has 0 saturated carbocycles. The van der Waals surface area contributed by atoms with Crippen molar-refractivity contribution in [3.8, 4) is 0 Å². The van der Waals surface area contributed by atoms with Crippen LogP contribution in [0.4, 0.5) is 0 Å². The fraction of sp³-hybridized carbons (Fsp3) is 0.500. The molecule has 0 aromatic carbocycles. The summed E-state index contributed by atoms with van der Waals surface area (Å²) in [6, 6.07) is 0. The predicted molar refractivity (Wildman–Crippen MR) is 30.5 cm³/mol. The van der Waals surface area contributed by atoms with Crippen molar-refractivity contribution in [3.63, 3.8) is 0 Å². The van der Waals surface area contributed by atoms with Gasteiger partial charge in [-0.3, -0.25) is 0 Å². The van der Waals surface area contributed by atoms with E-state index >= 15 is 0 Å². The molecule has 0 spiro atoms. The van der Waals surface area contributed by atoms with Crippen molar-refractivity contribution in [2.45, 2.75) is 0 Å². The maximum absolute atomic E-state index is 5.14. The fourth-order valence-corrected chi connectivity index (χ4v) is 0.305. The average Bonchev–Trinajstić information content (AvgIpc) is 1.68. The molecule has 0 heterocycles. The molecule has 1 atom stereocenters. The van der Waals surface area contributed by atoms with Gasteiger partial charge in [0.2, 0.25) is 0 Å². The van der Waals surface area contributed by atoms with Gasteiger partial charge in [-0.05, 0) is 0 Å². The molecule has 0 bridgehead atoms. The van der Waals surface area contributed by atoms with E-state index in [0.717, 1.165) is 0 Å². The first kappa shape index (κ1) is 16.7. The molecule has 1 unspecified atom stereocenters. The Morgan fingerprint density at radius 2 is 2.00 bits per heavy atom. The van der Waals surface area contributed by atoms with Crippen molar-refractivity contribution in [3.05, 3.63) is 12.3 Å². The number of methoxy groups -OCH3 is 1. The topological polar surface area (TPSA) is 18.5 Å². The second-order valence-corrected chi connectivity index (χ2v) is 1.31. The van der Waals surface area contributed by atoms with Gasteiger partial charge in [0.1, 0.15) is 0 Å². The first-order valence-electron chi connectivity index (χ1n) is 1.78. The van der Waals surface area contributed by atoms with Crippen LogP contribution >= 0.6 is 9.47 Å². The largest absolute Gasteiger partial charge is 0.536 e.